The van der Waals surface area contributed by atoms with Crippen molar-refractivity contribution in [3.63, 3.8) is 0 Å². The molecule has 0 aromatic carbocycles. The molecule has 1 unspecified atom stereocenters. The predicted octanol–water partition coefficient (Wildman–Crippen LogP) is 2.96. The smallest absolute Gasteiger partial charge is 0.323 e. The Morgan fingerprint density at radius 3 is 2.94 bits per heavy atom. The molecule has 17 heavy (non-hydrogen) atoms. The molecule has 0 bridgehead atoms. The molecule has 0 saturated carbocycles. The lowest BCUT2D eigenvalue weighted by molar-refractivity contribution is -0.145. The van der Waals surface area contributed by atoms with Crippen molar-refractivity contribution in [2.45, 2.75) is 45.7 Å². The molecular formula is C13H21NO2S. The molecule has 0 aliphatic carbocycles. The number of hydrogen-bond donors (Lipinski definition) is 1. The van der Waals surface area contributed by atoms with Crippen molar-refractivity contribution >= 4 is 17.3 Å². The van der Waals surface area contributed by atoms with Gasteiger partial charge in [-0.3, -0.25) is 10.1 Å². The third-order valence-electron chi connectivity index (χ3n) is 2.52. The van der Waals surface area contributed by atoms with E-state index < -0.39 is 0 Å². The average molecular weight is 255 g/mol. The minimum absolute atomic E-state index is 0.127. The number of carbonyl (C=O) groups is 1. The summed E-state index contributed by atoms with van der Waals surface area (Å²) in [6.07, 6.45) is 2.98. The Labute approximate surface area is 107 Å². The predicted molar refractivity (Wildman–Crippen MR) is 71.1 cm³/mol. The standard InChI is InChI=1S/C13H21NO2S/c1-3-5-8-12(13(15)16-4-2)14-10-11-7-6-9-17-11/h6-7,9,12,14H,3-5,8,10H2,1-2H3. The van der Waals surface area contributed by atoms with Gasteiger partial charge in [0.2, 0.25) is 0 Å². The molecule has 1 aromatic rings. The molecule has 96 valence electrons. The molecule has 1 atom stereocenters. The molecule has 0 spiro atoms. The molecule has 1 aromatic heterocycles. The van der Waals surface area contributed by atoms with Gasteiger partial charge in [0.05, 0.1) is 6.61 Å². The second kappa shape index (κ2) is 8.25. The number of esters is 1. The highest BCUT2D eigenvalue weighted by atomic mass is 32.1. The number of rotatable bonds is 8. The van der Waals surface area contributed by atoms with Crippen LogP contribution in [-0.4, -0.2) is 18.6 Å². The molecule has 0 amide bonds. The zero-order valence-corrected chi connectivity index (χ0v) is 11.4. The van der Waals surface area contributed by atoms with Crippen molar-refractivity contribution in [2.24, 2.45) is 0 Å². The molecular weight excluding hydrogens is 234 g/mol. The summed E-state index contributed by atoms with van der Waals surface area (Å²) in [6, 6.07) is 3.92. The molecule has 3 nitrogen and oxygen atoms in total. The fourth-order valence-corrected chi connectivity index (χ4v) is 2.25. The molecule has 0 saturated heterocycles. The van der Waals surface area contributed by atoms with E-state index in [1.807, 2.05) is 18.4 Å². The SMILES string of the molecule is CCCCC(NCc1cccs1)C(=O)OCC. The van der Waals surface area contributed by atoms with E-state index in [0.29, 0.717) is 6.61 Å². The summed E-state index contributed by atoms with van der Waals surface area (Å²) in [5.74, 6) is -0.127. The molecule has 0 aliphatic rings. The lowest BCUT2D eigenvalue weighted by atomic mass is 10.1. The highest BCUT2D eigenvalue weighted by Gasteiger charge is 2.18. The summed E-state index contributed by atoms with van der Waals surface area (Å²) >= 11 is 1.70. The van der Waals surface area contributed by atoms with E-state index in [9.17, 15) is 4.79 Å². The Balaban J connectivity index is 2.41. The van der Waals surface area contributed by atoms with Crippen LogP contribution in [-0.2, 0) is 16.1 Å². The van der Waals surface area contributed by atoms with E-state index in [-0.39, 0.29) is 12.0 Å². The summed E-state index contributed by atoms with van der Waals surface area (Å²) < 4.78 is 5.07. The maximum absolute atomic E-state index is 11.7. The van der Waals surface area contributed by atoms with Crippen LogP contribution < -0.4 is 5.32 Å². The van der Waals surface area contributed by atoms with Gasteiger partial charge < -0.3 is 4.74 Å². The molecule has 0 radical (unpaired) electrons. The molecule has 1 heterocycles. The van der Waals surface area contributed by atoms with Gasteiger partial charge in [-0.05, 0) is 24.8 Å². The molecule has 4 heteroatoms. The normalized spacial score (nSPS) is 12.4. The monoisotopic (exact) mass is 255 g/mol. The van der Waals surface area contributed by atoms with Crippen LogP contribution in [0.2, 0.25) is 0 Å². The Kier molecular flexibility index (Phi) is 6.89. The quantitative estimate of drug-likeness (QED) is 0.726. The second-order valence-corrected chi connectivity index (χ2v) is 4.94. The topological polar surface area (TPSA) is 38.3 Å². The van der Waals surface area contributed by atoms with E-state index >= 15 is 0 Å². The Morgan fingerprint density at radius 2 is 2.35 bits per heavy atom. The van der Waals surface area contributed by atoms with E-state index in [0.717, 1.165) is 25.8 Å². The lowest BCUT2D eigenvalue weighted by Crippen LogP contribution is -2.37. The number of ether oxygens (including phenoxy) is 1. The highest BCUT2D eigenvalue weighted by molar-refractivity contribution is 7.09. The summed E-state index contributed by atoms with van der Waals surface area (Å²) in [6.45, 7) is 5.16. The maximum atomic E-state index is 11.7. The molecule has 0 aliphatic heterocycles. The fraction of sp³-hybridized carbons (Fsp3) is 0.615. The third kappa shape index (κ3) is 5.33. The number of thiophene rings is 1. The highest BCUT2D eigenvalue weighted by Crippen LogP contribution is 2.10. The first-order valence-electron chi connectivity index (χ1n) is 6.20. The Bertz CT molecular complexity index is 311. The first-order chi connectivity index (χ1) is 8.27. The first kappa shape index (κ1) is 14.2. The van der Waals surface area contributed by atoms with Gasteiger partial charge in [-0.1, -0.05) is 25.8 Å². The van der Waals surface area contributed by atoms with Gasteiger partial charge in [0, 0.05) is 11.4 Å². The van der Waals surface area contributed by atoms with E-state index in [1.54, 1.807) is 11.3 Å². The van der Waals surface area contributed by atoms with Crippen molar-refractivity contribution in [2.75, 3.05) is 6.61 Å². The largest absolute Gasteiger partial charge is 0.465 e. The lowest BCUT2D eigenvalue weighted by Gasteiger charge is -2.16. The van der Waals surface area contributed by atoms with Crippen LogP contribution in [0.4, 0.5) is 0 Å². The minimum Gasteiger partial charge on any atom is -0.465 e. The molecule has 1 rings (SSSR count). The number of carbonyl (C=O) groups excluding carboxylic acids is 1. The van der Waals surface area contributed by atoms with Gasteiger partial charge in [-0.15, -0.1) is 11.3 Å². The zero-order valence-electron chi connectivity index (χ0n) is 10.6. The maximum Gasteiger partial charge on any atom is 0.323 e. The molecule has 0 fully saturated rings. The van der Waals surface area contributed by atoms with Gasteiger partial charge in [0.1, 0.15) is 6.04 Å². The van der Waals surface area contributed by atoms with Crippen LogP contribution in [0.15, 0.2) is 17.5 Å². The van der Waals surface area contributed by atoms with E-state index in [1.165, 1.54) is 4.88 Å². The van der Waals surface area contributed by atoms with Crippen LogP contribution in [0, 0.1) is 0 Å². The summed E-state index contributed by atoms with van der Waals surface area (Å²) in [4.78, 5) is 13.0. The minimum atomic E-state index is -0.169. The van der Waals surface area contributed by atoms with Gasteiger partial charge in [-0.25, -0.2) is 0 Å². The van der Waals surface area contributed by atoms with Crippen LogP contribution in [0.5, 0.6) is 0 Å². The summed E-state index contributed by atoms with van der Waals surface area (Å²) in [7, 11) is 0. The van der Waals surface area contributed by atoms with Gasteiger partial charge >= 0.3 is 5.97 Å². The van der Waals surface area contributed by atoms with Crippen LogP contribution in [0.3, 0.4) is 0 Å². The van der Waals surface area contributed by atoms with Crippen molar-refractivity contribution in [3.8, 4) is 0 Å². The van der Waals surface area contributed by atoms with Gasteiger partial charge in [-0.2, -0.15) is 0 Å². The van der Waals surface area contributed by atoms with Crippen molar-refractivity contribution in [1.29, 1.82) is 0 Å². The van der Waals surface area contributed by atoms with Gasteiger partial charge in [0.25, 0.3) is 0 Å². The Morgan fingerprint density at radius 1 is 1.53 bits per heavy atom. The van der Waals surface area contributed by atoms with Crippen LogP contribution in [0.25, 0.3) is 0 Å². The molecule has 1 N–H and O–H groups in total. The van der Waals surface area contributed by atoms with Crippen molar-refractivity contribution in [1.82, 2.24) is 5.32 Å². The van der Waals surface area contributed by atoms with Crippen LogP contribution in [0.1, 0.15) is 38.0 Å². The summed E-state index contributed by atoms with van der Waals surface area (Å²) in [5, 5.41) is 5.32. The van der Waals surface area contributed by atoms with E-state index in [2.05, 4.69) is 18.3 Å². The first-order valence-corrected chi connectivity index (χ1v) is 7.08. The second-order valence-electron chi connectivity index (χ2n) is 3.91. The van der Waals surface area contributed by atoms with E-state index in [4.69, 9.17) is 4.74 Å². The number of nitrogens with one attached hydrogen (secondary N) is 1. The zero-order chi connectivity index (χ0) is 12.5. The Hall–Kier alpha value is -0.870. The number of hydrogen-bond acceptors (Lipinski definition) is 4. The summed E-state index contributed by atoms with van der Waals surface area (Å²) in [5.41, 5.74) is 0. The van der Waals surface area contributed by atoms with Crippen molar-refractivity contribution in [3.05, 3.63) is 22.4 Å². The number of unbranched alkanes of at least 4 members (excludes halogenated alkanes) is 1. The van der Waals surface area contributed by atoms with Gasteiger partial charge in [0.15, 0.2) is 0 Å². The average Bonchev–Trinajstić information content (AvgIpc) is 2.82. The van der Waals surface area contributed by atoms with Crippen LogP contribution >= 0.6 is 11.3 Å². The van der Waals surface area contributed by atoms with Crippen molar-refractivity contribution < 1.29 is 9.53 Å². The third-order valence-corrected chi connectivity index (χ3v) is 3.40. The fourth-order valence-electron chi connectivity index (χ4n) is 1.59.